The van der Waals surface area contributed by atoms with Gasteiger partial charge in [0, 0.05) is 25.9 Å². The Labute approximate surface area is 109 Å². The lowest BCUT2D eigenvalue weighted by molar-refractivity contribution is 0.0498. The van der Waals surface area contributed by atoms with Gasteiger partial charge in [0.05, 0.1) is 12.2 Å². The van der Waals surface area contributed by atoms with Crippen molar-refractivity contribution < 1.29 is 9.84 Å². The second-order valence-corrected chi connectivity index (χ2v) is 5.25. The van der Waals surface area contributed by atoms with Gasteiger partial charge >= 0.3 is 0 Å². The highest BCUT2D eigenvalue weighted by atomic mass is 16.5. The maximum Gasteiger partial charge on any atom is 0.0772 e. The fourth-order valence-electron chi connectivity index (χ4n) is 2.54. The van der Waals surface area contributed by atoms with Gasteiger partial charge in [0.2, 0.25) is 0 Å². The minimum atomic E-state index is -0.396. The molecule has 3 atom stereocenters. The first-order valence-electron chi connectivity index (χ1n) is 6.67. The van der Waals surface area contributed by atoms with Crippen molar-refractivity contribution in [2.45, 2.75) is 32.5 Å². The smallest absolute Gasteiger partial charge is 0.0772 e. The summed E-state index contributed by atoms with van der Waals surface area (Å²) in [5, 5.41) is 9.51. The molecular formula is C15H23NO2. The normalized spacial score (nSPS) is 26.1. The van der Waals surface area contributed by atoms with Crippen LogP contribution in [0.1, 0.15) is 31.9 Å². The largest absolute Gasteiger partial charge is 0.389 e. The van der Waals surface area contributed by atoms with Gasteiger partial charge in [-0.2, -0.15) is 0 Å². The van der Waals surface area contributed by atoms with Gasteiger partial charge in [-0.25, -0.2) is 0 Å². The van der Waals surface area contributed by atoms with Crippen LogP contribution in [-0.2, 0) is 4.74 Å². The van der Waals surface area contributed by atoms with Crippen LogP contribution in [-0.4, -0.2) is 31.4 Å². The molecule has 0 saturated carbocycles. The highest BCUT2D eigenvalue weighted by Crippen LogP contribution is 2.25. The first kappa shape index (κ1) is 13.4. The van der Waals surface area contributed by atoms with E-state index >= 15 is 0 Å². The molecule has 0 spiro atoms. The summed E-state index contributed by atoms with van der Waals surface area (Å²) < 4.78 is 5.54. The van der Waals surface area contributed by atoms with Gasteiger partial charge < -0.3 is 14.7 Å². The van der Waals surface area contributed by atoms with Crippen LogP contribution in [0, 0.1) is 5.92 Å². The van der Waals surface area contributed by atoms with Gasteiger partial charge in [-0.05, 0) is 37.0 Å². The summed E-state index contributed by atoms with van der Waals surface area (Å²) in [6.07, 6.45) is 1.08. The zero-order chi connectivity index (χ0) is 13.1. The number of hydrogen-bond donors (Lipinski definition) is 1. The highest BCUT2D eigenvalue weighted by Gasteiger charge is 2.26. The van der Waals surface area contributed by atoms with E-state index in [9.17, 15) is 5.11 Å². The molecule has 0 aliphatic carbocycles. The van der Waals surface area contributed by atoms with Gasteiger partial charge in [0.25, 0.3) is 0 Å². The topological polar surface area (TPSA) is 32.7 Å². The summed E-state index contributed by atoms with van der Waals surface area (Å²) >= 11 is 0. The molecule has 1 N–H and O–H groups in total. The van der Waals surface area contributed by atoms with Gasteiger partial charge in [-0.3, -0.25) is 0 Å². The molecule has 1 saturated heterocycles. The fraction of sp³-hybridized carbons (Fsp3) is 0.600. The average Bonchev–Trinajstić information content (AvgIpc) is 2.39. The molecule has 1 aromatic carbocycles. The molecule has 1 aliphatic heterocycles. The maximum absolute atomic E-state index is 9.51. The first-order chi connectivity index (χ1) is 8.61. The van der Waals surface area contributed by atoms with Crippen LogP contribution in [0.3, 0.4) is 0 Å². The van der Waals surface area contributed by atoms with E-state index in [-0.39, 0.29) is 0 Å². The Bertz CT molecular complexity index is 375. The van der Waals surface area contributed by atoms with Crippen molar-refractivity contribution >= 4 is 5.69 Å². The van der Waals surface area contributed by atoms with Crippen molar-refractivity contribution in [3.8, 4) is 0 Å². The number of aliphatic hydroxyl groups excluding tert-OH is 1. The molecule has 1 aliphatic rings. The number of piperidine rings is 1. The predicted octanol–water partition coefficient (Wildman–Crippen LogP) is 2.60. The summed E-state index contributed by atoms with van der Waals surface area (Å²) in [4.78, 5) is 2.36. The van der Waals surface area contributed by atoms with Crippen LogP contribution in [0.15, 0.2) is 24.3 Å². The molecule has 0 radical (unpaired) electrons. The lowest BCUT2D eigenvalue weighted by Crippen LogP contribution is -2.43. The number of methoxy groups -OCH3 is 1. The van der Waals surface area contributed by atoms with Crippen LogP contribution < -0.4 is 4.90 Å². The van der Waals surface area contributed by atoms with Crippen molar-refractivity contribution in [3.63, 3.8) is 0 Å². The minimum absolute atomic E-state index is 0.315. The van der Waals surface area contributed by atoms with E-state index in [1.165, 1.54) is 5.69 Å². The molecule has 1 aromatic rings. The fourth-order valence-corrected chi connectivity index (χ4v) is 2.54. The third-order valence-corrected chi connectivity index (χ3v) is 3.93. The number of ether oxygens (including phenoxy) is 1. The quantitative estimate of drug-likeness (QED) is 0.893. The summed E-state index contributed by atoms with van der Waals surface area (Å²) in [5.74, 6) is 0.628. The molecule has 3 unspecified atom stereocenters. The maximum atomic E-state index is 9.51. The zero-order valence-corrected chi connectivity index (χ0v) is 11.5. The Morgan fingerprint density at radius 3 is 2.56 bits per heavy atom. The summed E-state index contributed by atoms with van der Waals surface area (Å²) in [7, 11) is 1.79. The van der Waals surface area contributed by atoms with Crippen LogP contribution in [0.2, 0.25) is 0 Å². The monoisotopic (exact) mass is 249 g/mol. The molecule has 2 rings (SSSR count). The van der Waals surface area contributed by atoms with Crippen LogP contribution in [0.4, 0.5) is 5.69 Å². The van der Waals surface area contributed by atoms with Crippen molar-refractivity contribution in [2.24, 2.45) is 5.92 Å². The van der Waals surface area contributed by atoms with E-state index in [4.69, 9.17) is 4.74 Å². The van der Waals surface area contributed by atoms with Gasteiger partial charge in [-0.1, -0.05) is 19.1 Å². The van der Waals surface area contributed by atoms with Crippen LogP contribution in [0.5, 0.6) is 0 Å². The van der Waals surface area contributed by atoms with Crippen LogP contribution in [0.25, 0.3) is 0 Å². The zero-order valence-electron chi connectivity index (χ0n) is 11.5. The first-order valence-corrected chi connectivity index (χ1v) is 6.67. The molecule has 3 heteroatoms. The van der Waals surface area contributed by atoms with E-state index in [1.54, 1.807) is 14.0 Å². The predicted molar refractivity (Wildman–Crippen MR) is 73.9 cm³/mol. The van der Waals surface area contributed by atoms with E-state index in [2.05, 4.69) is 24.0 Å². The van der Waals surface area contributed by atoms with E-state index in [1.807, 2.05) is 12.1 Å². The molecule has 0 bridgehead atoms. The number of benzene rings is 1. The number of nitrogens with zero attached hydrogens (tertiary/aromatic N) is 1. The Morgan fingerprint density at radius 1 is 1.33 bits per heavy atom. The molecule has 3 nitrogen and oxygen atoms in total. The van der Waals surface area contributed by atoms with Crippen molar-refractivity contribution in [3.05, 3.63) is 29.8 Å². The van der Waals surface area contributed by atoms with Gasteiger partial charge in [0.1, 0.15) is 0 Å². The number of anilines is 1. The van der Waals surface area contributed by atoms with Crippen molar-refractivity contribution in [1.82, 2.24) is 0 Å². The van der Waals surface area contributed by atoms with E-state index < -0.39 is 6.10 Å². The van der Waals surface area contributed by atoms with Crippen molar-refractivity contribution in [2.75, 3.05) is 25.1 Å². The third-order valence-electron chi connectivity index (χ3n) is 3.93. The van der Waals surface area contributed by atoms with Crippen LogP contribution >= 0.6 is 0 Å². The summed E-state index contributed by atoms with van der Waals surface area (Å²) in [6, 6.07) is 8.18. The number of rotatable bonds is 3. The van der Waals surface area contributed by atoms with Gasteiger partial charge in [-0.15, -0.1) is 0 Å². The Kier molecular flexibility index (Phi) is 4.25. The highest BCUT2D eigenvalue weighted by molar-refractivity contribution is 5.48. The average molecular weight is 249 g/mol. The lowest BCUT2D eigenvalue weighted by atomic mass is 9.95. The van der Waals surface area contributed by atoms with Crippen molar-refractivity contribution in [1.29, 1.82) is 0 Å². The second kappa shape index (κ2) is 5.72. The summed E-state index contributed by atoms with van der Waals surface area (Å²) in [6.45, 7) is 6.07. The summed E-state index contributed by atoms with van der Waals surface area (Å²) in [5.41, 5.74) is 2.18. The van der Waals surface area contributed by atoms with Gasteiger partial charge in [0.15, 0.2) is 0 Å². The van der Waals surface area contributed by atoms with E-state index in [0.29, 0.717) is 12.0 Å². The number of hydrogen-bond acceptors (Lipinski definition) is 3. The molecular weight excluding hydrogens is 226 g/mol. The SMILES string of the molecule is COC1CN(c2ccc(C(C)O)cc2)CCC1C. The third kappa shape index (κ3) is 2.85. The minimum Gasteiger partial charge on any atom is -0.389 e. The lowest BCUT2D eigenvalue weighted by Gasteiger charge is -2.37. The Hall–Kier alpha value is -1.06. The molecule has 18 heavy (non-hydrogen) atoms. The standard InChI is InChI=1S/C15H23NO2/c1-11-8-9-16(10-15(11)18-3)14-6-4-13(5-7-14)12(2)17/h4-7,11-12,15,17H,8-10H2,1-3H3. The Morgan fingerprint density at radius 2 is 2.00 bits per heavy atom. The number of aliphatic hydroxyl groups is 1. The second-order valence-electron chi connectivity index (χ2n) is 5.25. The molecule has 0 amide bonds. The Balaban J connectivity index is 2.07. The molecule has 1 fully saturated rings. The molecule has 0 aromatic heterocycles. The molecule has 100 valence electrons. The molecule has 1 heterocycles. The van der Waals surface area contributed by atoms with E-state index in [0.717, 1.165) is 25.1 Å².